The Labute approximate surface area is 146 Å². The molecule has 3 N–H and O–H groups in total. The van der Waals surface area contributed by atoms with Crippen molar-refractivity contribution in [1.82, 2.24) is 15.3 Å². The van der Waals surface area contributed by atoms with Crippen LogP contribution in [0.1, 0.15) is 0 Å². The number of carbonyl (C=O) groups excluding carboxylic acids is 1. The summed E-state index contributed by atoms with van der Waals surface area (Å²) in [6, 6.07) is 11.0. The Bertz CT molecular complexity index is 676. The SMILES string of the molecule is O=C(NCCNc1cc(N2CCOCC2)ncn1)Nc1ccccc1. The lowest BCUT2D eigenvalue weighted by atomic mass is 10.3. The third-order valence-corrected chi connectivity index (χ3v) is 3.74. The first-order valence-corrected chi connectivity index (χ1v) is 8.30. The van der Waals surface area contributed by atoms with Crippen LogP contribution in [0.5, 0.6) is 0 Å². The number of nitrogens with zero attached hydrogens (tertiary/aromatic N) is 3. The fourth-order valence-electron chi connectivity index (χ4n) is 2.47. The number of ether oxygens (including phenoxy) is 1. The van der Waals surface area contributed by atoms with Gasteiger partial charge < -0.3 is 25.6 Å². The lowest BCUT2D eigenvalue weighted by Gasteiger charge is -2.27. The summed E-state index contributed by atoms with van der Waals surface area (Å²) in [5, 5.41) is 8.76. The van der Waals surface area contributed by atoms with Gasteiger partial charge in [0, 0.05) is 37.9 Å². The lowest BCUT2D eigenvalue weighted by molar-refractivity contribution is 0.122. The van der Waals surface area contributed by atoms with E-state index in [2.05, 4.69) is 30.8 Å². The largest absolute Gasteiger partial charge is 0.378 e. The predicted octanol–water partition coefficient (Wildman–Crippen LogP) is 1.55. The topological polar surface area (TPSA) is 91.4 Å². The number of rotatable bonds is 6. The van der Waals surface area contributed by atoms with Crippen molar-refractivity contribution in [3.05, 3.63) is 42.7 Å². The van der Waals surface area contributed by atoms with Crippen LogP contribution in [-0.4, -0.2) is 55.4 Å². The van der Waals surface area contributed by atoms with Gasteiger partial charge in [0.25, 0.3) is 0 Å². The molecule has 8 nitrogen and oxygen atoms in total. The summed E-state index contributed by atoms with van der Waals surface area (Å²) in [6.45, 7) is 4.15. The van der Waals surface area contributed by atoms with Crippen LogP contribution >= 0.6 is 0 Å². The summed E-state index contributed by atoms with van der Waals surface area (Å²) in [5.74, 6) is 1.62. The zero-order chi connectivity index (χ0) is 17.3. The molecule has 0 aliphatic carbocycles. The van der Waals surface area contributed by atoms with Crippen molar-refractivity contribution in [3.63, 3.8) is 0 Å². The van der Waals surface area contributed by atoms with E-state index in [0.29, 0.717) is 26.3 Å². The lowest BCUT2D eigenvalue weighted by Crippen LogP contribution is -2.36. The van der Waals surface area contributed by atoms with E-state index in [-0.39, 0.29) is 6.03 Å². The van der Waals surface area contributed by atoms with E-state index < -0.39 is 0 Å². The molecule has 0 saturated carbocycles. The van der Waals surface area contributed by atoms with Crippen LogP contribution in [0, 0.1) is 0 Å². The molecule has 0 spiro atoms. The van der Waals surface area contributed by atoms with Crippen molar-refractivity contribution in [3.8, 4) is 0 Å². The molecule has 1 fully saturated rings. The fourth-order valence-corrected chi connectivity index (χ4v) is 2.47. The summed E-state index contributed by atoms with van der Waals surface area (Å²) in [7, 11) is 0. The second-order valence-corrected chi connectivity index (χ2v) is 5.53. The Morgan fingerprint density at radius 1 is 1.12 bits per heavy atom. The third kappa shape index (κ3) is 5.32. The second-order valence-electron chi connectivity index (χ2n) is 5.53. The molecule has 1 saturated heterocycles. The summed E-state index contributed by atoms with van der Waals surface area (Å²) in [5.41, 5.74) is 0.763. The number of anilines is 3. The molecule has 132 valence electrons. The molecule has 0 atom stereocenters. The van der Waals surface area contributed by atoms with Crippen molar-refractivity contribution < 1.29 is 9.53 Å². The van der Waals surface area contributed by atoms with Gasteiger partial charge in [-0.15, -0.1) is 0 Å². The Kier molecular flexibility index (Phi) is 6.00. The quantitative estimate of drug-likeness (QED) is 0.690. The summed E-state index contributed by atoms with van der Waals surface area (Å²) in [6.07, 6.45) is 1.54. The van der Waals surface area contributed by atoms with E-state index in [1.807, 2.05) is 36.4 Å². The number of aromatic nitrogens is 2. The number of benzene rings is 1. The molecule has 8 heteroatoms. The van der Waals surface area contributed by atoms with E-state index >= 15 is 0 Å². The van der Waals surface area contributed by atoms with Gasteiger partial charge in [-0.1, -0.05) is 18.2 Å². The number of hydrogen-bond acceptors (Lipinski definition) is 6. The summed E-state index contributed by atoms with van der Waals surface area (Å²) >= 11 is 0. The average molecular weight is 342 g/mol. The van der Waals surface area contributed by atoms with E-state index in [1.54, 1.807) is 6.33 Å². The number of amides is 2. The van der Waals surface area contributed by atoms with Gasteiger partial charge in [-0.3, -0.25) is 0 Å². The molecule has 0 bridgehead atoms. The molecule has 25 heavy (non-hydrogen) atoms. The number of carbonyl (C=O) groups is 1. The molecular formula is C17H22N6O2. The van der Waals surface area contributed by atoms with Crippen LogP contribution in [0.4, 0.5) is 22.1 Å². The minimum atomic E-state index is -0.232. The molecule has 2 heterocycles. The van der Waals surface area contributed by atoms with Gasteiger partial charge in [0.2, 0.25) is 0 Å². The molecule has 1 aliphatic rings. The predicted molar refractivity (Wildman–Crippen MR) is 97.0 cm³/mol. The van der Waals surface area contributed by atoms with Gasteiger partial charge in [-0.2, -0.15) is 0 Å². The highest BCUT2D eigenvalue weighted by atomic mass is 16.5. The molecule has 0 unspecified atom stereocenters. The number of hydrogen-bond donors (Lipinski definition) is 3. The van der Waals surface area contributed by atoms with Crippen LogP contribution in [0.2, 0.25) is 0 Å². The Balaban J connectivity index is 1.40. The van der Waals surface area contributed by atoms with Gasteiger partial charge in [-0.25, -0.2) is 14.8 Å². The normalized spacial score (nSPS) is 14.0. The standard InChI is InChI=1S/C17H22N6O2/c24-17(22-14-4-2-1-3-5-14)19-7-6-18-15-12-16(21-13-20-15)23-8-10-25-11-9-23/h1-5,12-13H,6-11H2,(H,18,20,21)(H2,19,22,24). The molecule has 1 aliphatic heterocycles. The van der Waals surface area contributed by atoms with Gasteiger partial charge in [0.1, 0.15) is 18.0 Å². The van der Waals surface area contributed by atoms with Crippen LogP contribution in [0.15, 0.2) is 42.7 Å². The maximum absolute atomic E-state index is 11.8. The van der Waals surface area contributed by atoms with Crippen LogP contribution < -0.4 is 20.9 Å². The van der Waals surface area contributed by atoms with Crippen LogP contribution in [0.25, 0.3) is 0 Å². The highest BCUT2D eigenvalue weighted by Crippen LogP contribution is 2.15. The Morgan fingerprint density at radius 2 is 1.92 bits per heavy atom. The van der Waals surface area contributed by atoms with Crippen molar-refractivity contribution in [2.24, 2.45) is 0 Å². The Hall–Kier alpha value is -2.87. The molecule has 3 rings (SSSR count). The molecule has 2 amide bonds. The minimum absolute atomic E-state index is 0.232. The van der Waals surface area contributed by atoms with Crippen molar-refractivity contribution in [1.29, 1.82) is 0 Å². The molecular weight excluding hydrogens is 320 g/mol. The average Bonchev–Trinajstić information content (AvgIpc) is 2.67. The zero-order valence-corrected chi connectivity index (χ0v) is 13.9. The Morgan fingerprint density at radius 3 is 2.72 bits per heavy atom. The molecule has 2 aromatic rings. The number of nitrogens with one attached hydrogen (secondary N) is 3. The van der Waals surface area contributed by atoms with E-state index in [9.17, 15) is 4.79 Å². The first kappa shape index (κ1) is 17.0. The van der Waals surface area contributed by atoms with E-state index in [4.69, 9.17) is 4.74 Å². The van der Waals surface area contributed by atoms with Crippen molar-refractivity contribution >= 4 is 23.4 Å². The van der Waals surface area contributed by atoms with Gasteiger partial charge in [0.05, 0.1) is 13.2 Å². The van der Waals surface area contributed by atoms with Gasteiger partial charge >= 0.3 is 6.03 Å². The van der Waals surface area contributed by atoms with Gasteiger partial charge in [-0.05, 0) is 12.1 Å². The number of morpholine rings is 1. The number of urea groups is 1. The van der Waals surface area contributed by atoms with Crippen LogP contribution in [-0.2, 0) is 4.74 Å². The monoisotopic (exact) mass is 342 g/mol. The highest BCUT2D eigenvalue weighted by molar-refractivity contribution is 5.89. The van der Waals surface area contributed by atoms with Crippen LogP contribution in [0.3, 0.4) is 0 Å². The maximum Gasteiger partial charge on any atom is 0.319 e. The summed E-state index contributed by atoms with van der Waals surface area (Å²) in [4.78, 5) is 22.5. The second kappa shape index (κ2) is 8.84. The summed E-state index contributed by atoms with van der Waals surface area (Å²) < 4.78 is 5.35. The molecule has 1 aromatic heterocycles. The number of para-hydroxylation sites is 1. The van der Waals surface area contributed by atoms with Crippen molar-refractivity contribution in [2.75, 3.05) is 54.9 Å². The van der Waals surface area contributed by atoms with Gasteiger partial charge in [0.15, 0.2) is 0 Å². The smallest absolute Gasteiger partial charge is 0.319 e. The third-order valence-electron chi connectivity index (χ3n) is 3.74. The molecule has 1 aromatic carbocycles. The fraction of sp³-hybridized carbons (Fsp3) is 0.353. The zero-order valence-electron chi connectivity index (χ0n) is 13.9. The highest BCUT2D eigenvalue weighted by Gasteiger charge is 2.12. The first-order valence-electron chi connectivity index (χ1n) is 8.30. The van der Waals surface area contributed by atoms with Crippen molar-refractivity contribution in [2.45, 2.75) is 0 Å². The maximum atomic E-state index is 11.8. The minimum Gasteiger partial charge on any atom is -0.378 e. The first-order chi connectivity index (χ1) is 12.3. The molecule has 0 radical (unpaired) electrons. The van der Waals surface area contributed by atoms with E-state index in [0.717, 1.165) is 30.4 Å². The van der Waals surface area contributed by atoms with E-state index in [1.165, 1.54) is 0 Å².